The molecule has 1 N–H and O–H groups in total. The van der Waals surface area contributed by atoms with Crippen LogP contribution in [0, 0.1) is 59.6 Å². The van der Waals surface area contributed by atoms with Crippen LogP contribution in [0.1, 0.15) is 29.9 Å². The van der Waals surface area contributed by atoms with Gasteiger partial charge in [0.25, 0.3) is 11.8 Å². The van der Waals surface area contributed by atoms with Gasteiger partial charge in [-0.25, -0.2) is 36.1 Å². The first-order chi connectivity index (χ1) is 23.0. The van der Waals surface area contributed by atoms with Gasteiger partial charge >= 0.3 is 0 Å². The molecule has 16 heteroatoms. The molecule has 3 fully saturated rings. The number of alkyl halides is 2. The lowest BCUT2D eigenvalue weighted by Gasteiger charge is -2.50. The summed E-state index contributed by atoms with van der Waals surface area (Å²) in [6.07, 6.45) is 0.636. The van der Waals surface area contributed by atoms with E-state index in [2.05, 4.69) is 0 Å². The van der Waals surface area contributed by atoms with Gasteiger partial charge in [-0.2, -0.15) is 0 Å². The minimum atomic E-state index is -2.82. The normalized spacial score (nSPS) is 29.3. The maximum Gasteiger partial charge on any atom is 0.258 e. The molecule has 254 valence electrons. The van der Waals surface area contributed by atoms with Crippen LogP contribution < -0.4 is 9.80 Å². The average Bonchev–Trinajstić information content (AvgIpc) is 3.40. The summed E-state index contributed by atoms with van der Waals surface area (Å²) in [5.41, 5.74) is -1.19. The van der Waals surface area contributed by atoms with Crippen molar-refractivity contribution in [1.82, 2.24) is 0 Å². The van der Waals surface area contributed by atoms with Gasteiger partial charge < -0.3 is 5.11 Å². The molecule has 3 aromatic carbocycles. The number of aromatic hydroxyl groups is 1. The van der Waals surface area contributed by atoms with Crippen molar-refractivity contribution in [3.05, 3.63) is 99.1 Å². The monoisotopic (exact) mass is 742 g/mol. The maximum absolute atomic E-state index is 15.1. The van der Waals surface area contributed by atoms with E-state index in [1.54, 1.807) is 13.0 Å². The summed E-state index contributed by atoms with van der Waals surface area (Å²) in [4.78, 5) is 51.3. The number of amides is 4. The molecular weight excluding hydrogens is 725 g/mol. The number of carbonyl (C=O) groups excluding carboxylic acids is 4. The fourth-order valence-corrected chi connectivity index (χ4v) is 8.73. The van der Waals surface area contributed by atoms with Gasteiger partial charge in [0.05, 0.1) is 17.5 Å². The van der Waals surface area contributed by atoms with Crippen molar-refractivity contribution in [2.45, 2.75) is 35.4 Å². The van der Waals surface area contributed by atoms with E-state index in [-0.39, 0.29) is 33.2 Å². The molecule has 3 aromatic rings. The molecule has 7 rings (SSSR count). The van der Waals surface area contributed by atoms with Gasteiger partial charge in [0, 0.05) is 10.9 Å². The van der Waals surface area contributed by atoms with Crippen LogP contribution in [0.15, 0.2) is 48.0 Å². The Labute approximate surface area is 287 Å². The molecule has 0 radical (unpaired) electrons. The molecule has 2 heterocycles. The molecule has 2 aliphatic heterocycles. The average molecular weight is 744 g/mol. The van der Waals surface area contributed by atoms with Crippen LogP contribution in [0.4, 0.5) is 37.7 Å². The Morgan fingerprint density at radius 3 is 2.04 bits per heavy atom. The third kappa shape index (κ3) is 4.24. The van der Waals surface area contributed by atoms with Gasteiger partial charge in [-0.1, -0.05) is 35.4 Å². The second-order valence-corrected chi connectivity index (χ2v) is 14.0. The van der Waals surface area contributed by atoms with E-state index < -0.39 is 110 Å². The second kappa shape index (κ2) is 11.0. The summed E-state index contributed by atoms with van der Waals surface area (Å²) in [6.45, 7) is 1.71. The van der Waals surface area contributed by atoms with Crippen molar-refractivity contribution in [3.63, 3.8) is 0 Å². The second-order valence-electron chi connectivity index (χ2n) is 12.3. The molecule has 49 heavy (non-hydrogen) atoms. The predicted molar refractivity (Wildman–Crippen MR) is 163 cm³/mol. The summed E-state index contributed by atoms with van der Waals surface area (Å²) in [7, 11) is 0. The van der Waals surface area contributed by atoms with Crippen LogP contribution in [-0.2, 0) is 19.2 Å². The molecule has 0 bridgehead atoms. The zero-order valence-corrected chi connectivity index (χ0v) is 26.9. The highest BCUT2D eigenvalue weighted by atomic mass is 35.5. The van der Waals surface area contributed by atoms with Crippen LogP contribution >= 0.6 is 34.8 Å². The standard InChI is InChI=1S/C33H19Cl3F6N2O5/c1-11-2-4-13(9-17(11)34)43-28(46)15-6-5-14-16(20(15)29(43)47)10-32(35)30(48)44(27-25(41)23(39)22(38)24(40)26(27)42)31(49)33(32,36)21(14)12-3-7-19(45)18(37)8-12/h2-5,7-9,15-16,20-21,45H,6,10H2,1H3/t15-,16+,20-,21-,32+,33-/m0/s1. The zero-order valence-electron chi connectivity index (χ0n) is 24.6. The maximum atomic E-state index is 15.1. The van der Waals surface area contributed by atoms with Crippen LogP contribution in [0.3, 0.4) is 0 Å². The fraction of sp³-hybridized carbons (Fsp3) is 0.273. The highest BCUT2D eigenvalue weighted by molar-refractivity contribution is 6.58. The number of allylic oxidation sites excluding steroid dienone is 2. The Kier molecular flexibility index (Phi) is 7.48. The number of benzene rings is 3. The fourth-order valence-electron chi connectivity index (χ4n) is 7.62. The number of anilines is 2. The molecule has 0 spiro atoms. The van der Waals surface area contributed by atoms with Crippen LogP contribution in [0.5, 0.6) is 5.75 Å². The van der Waals surface area contributed by atoms with E-state index in [9.17, 15) is 41.8 Å². The molecule has 0 aromatic heterocycles. The lowest BCUT2D eigenvalue weighted by atomic mass is 9.56. The van der Waals surface area contributed by atoms with E-state index in [4.69, 9.17) is 34.8 Å². The molecule has 4 amide bonds. The lowest BCUT2D eigenvalue weighted by molar-refractivity contribution is -0.125. The number of rotatable bonds is 3. The highest BCUT2D eigenvalue weighted by Gasteiger charge is 2.77. The topological polar surface area (TPSA) is 95.0 Å². The summed E-state index contributed by atoms with van der Waals surface area (Å²) in [5, 5.41) is 10.2. The molecule has 6 atom stereocenters. The van der Waals surface area contributed by atoms with E-state index >= 15 is 8.78 Å². The Morgan fingerprint density at radius 2 is 1.43 bits per heavy atom. The SMILES string of the molecule is Cc1ccc(N2C(=O)[C@H]3[C@H](CC=C4[C@H]3C[C@@]3(Cl)C(=O)N(c5c(F)c(F)c(F)c(F)c5F)C(=O)[C@@]3(Cl)[C@H]4c3ccc(O)c(F)c3)C2=O)cc1Cl. The van der Waals surface area contributed by atoms with Gasteiger partial charge in [0.1, 0.15) is 5.69 Å². The van der Waals surface area contributed by atoms with Gasteiger partial charge in [0.2, 0.25) is 17.6 Å². The molecule has 7 nitrogen and oxygen atoms in total. The minimum absolute atomic E-state index is 0.111. The Morgan fingerprint density at radius 1 is 0.796 bits per heavy atom. The number of fused-ring (bicyclic) bond motifs is 4. The lowest BCUT2D eigenvalue weighted by Crippen LogP contribution is -2.60. The van der Waals surface area contributed by atoms with Crippen molar-refractivity contribution < 1.29 is 50.6 Å². The van der Waals surface area contributed by atoms with Crippen LogP contribution in [0.25, 0.3) is 0 Å². The Bertz CT molecular complexity index is 2090. The van der Waals surface area contributed by atoms with Gasteiger partial charge in [-0.15, -0.1) is 23.2 Å². The number of phenols is 1. The van der Waals surface area contributed by atoms with Crippen molar-refractivity contribution >= 4 is 69.8 Å². The van der Waals surface area contributed by atoms with E-state index in [0.717, 1.165) is 23.1 Å². The van der Waals surface area contributed by atoms with Gasteiger partial charge in [0.15, 0.2) is 44.6 Å². The number of imide groups is 2. The number of carbonyl (C=O) groups is 4. The van der Waals surface area contributed by atoms with Crippen molar-refractivity contribution in [1.29, 1.82) is 0 Å². The number of phenolic OH excluding ortho intramolecular Hbond substituents is 1. The molecule has 2 saturated heterocycles. The number of nitrogens with zero attached hydrogens (tertiary/aromatic N) is 2. The number of halogens is 9. The number of aryl methyl sites for hydroxylation is 1. The summed E-state index contributed by atoms with van der Waals surface area (Å²) in [5.74, 6) is -24.4. The minimum Gasteiger partial charge on any atom is -0.505 e. The third-order valence-electron chi connectivity index (χ3n) is 9.94. The first-order valence-corrected chi connectivity index (χ1v) is 15.7. The number of hydrogen-bond acceptors (Lipinski definition) is 5. The molecule has 1 saturated carbocycles. The van der Waals surface area contributed by atoms with Crippen LogP contribution in [-0.4, -0.2) is 38.5 Å². The van der Waals surface area contributed by atoms with E-state index in [0.29, 0.717) is 5.56 Å². The van der Waals surface area contributed by atoms with E-state index in [1.807, 2.05) is 0 Å². The Balaban J connectivity index is 1.43. The zero-order chi connectivity index (χ0) is 35.6. The van der Waals surface area contributed by atoms with Gasteiger partial charge in [-0.05, 0) is 61.1 Å². The third-order valence-corrected chi connectivity index (χ3v) is 11.8. The van der Waals surface area contributed by atoms with Crippen molar-refractivity contribution in [2.24, 2.45) is 17.8 Å². The van der Waals surface area contributed by atoms with Crippen LogP contribution in [0.2, 0.25) is 5.02 Å². The van der Waals surface area contributed by atoms with E-state index in [1.165, 1.54) is 18.2 Å². The molecular formula is C33H19Cl3F6N2O5. The molecule has 0 unspecified atom stereocenters. The summed E-state index contributed by atoms with van der Waals surface area (Å²) >= 11 is 20.3. The molecule has 2 aliphatic carbocycles. The predicted octanol–water partition coefficient (Wildman–Crippen LogP) is 6.96. The summed E-state index contributed by atoms with van der Waals surface area (Å²) < 4.78 is 87.8. The van der Waals surface area contributed by atoms with Crippen molar-refractivity contribution in [3.8, 4) is 5.75 Å². The molecule has 4 aliphatic rings. The van der Waals surface area contributed by atoms with Crippen molar-refractivity contribution in [2.75, 3.05) is 9.80 Å². The number of hydrogen-bond donors (Lipinski definition) is 1. The quantitative estimate of drug-likeness (QED) is 0.0783. The van der Waals surface area contributed by atoms with Gasteiger partial charge in [-0.3, -0.25) is 19.2 Å². The summed E-state index contributed by atoms with van der Waals surface area (Å²) in [6, 6.07) is 7.28. The first-order valence-electron chi connectivity index (χ1n) is 14.6. The highest BCUT2D eigenvalue weighted by Crippen LogP contribution is 2.66. The first kappa shape index (κ1) is 33.4. The largest absolute Gasteiger partial charge is 0.505 e. The Hall–Kier alpha value is -4.07. The smallest absolute Gasteiger partial charge is 0.258 e.